The smallest absolute Gasteiger partial charge is 0.234 e. The van der Waals surface area contributed by atoms with E-state index in [1.165, 1.54) is 12.1 Å². The molecule has 1 amide bonds. The summed E-state index contributed by atoms with van der Waals surface area (Å²) < 4.78 is 17.9. The fourth-order valence-electron chi connectivity index (χ4n) is 1.07. The van der Waals surface area contributed by atoms with Crippen LogP contribution < -0.4 is 10.1 Å². The molecule has 0 aliphatic carbocycles. The highest BCUT2D eigenvalue weighted by Gasteiger charge is 1.97. The number of benzene rings is 1. The maximum absolute atomic E-state index is 12.5. The Bertz CT molecular complexity index is 329. The van der Waals surface area contributed by atoms with Gasteiger partial charge in [-0.15, -0.1) is 11.6 Å². The fourth-order valence-corrected chi connectivity index (χ4v) is 1.16. The second kappa shape index (κ2) is 7.06. The van der Waals surface area contributed by atoms with Gasteiger partial charge in [-0.25, -0.2) is 4.39 Å². The molecule has 0 aliphatic rings. The third-order valence-electron chi connectivity index (χ3n) is 1.85. The predicted molar refractivity (Wildman–Crippen MR) is 60.2 cm³/mol. The minimum atomic E-state index is -0.290. The van der Waals surface area contributed by atoms with Crippen LogP contribution in [0.25, 0.3) is 0 Å². The first-order valence-electron chi connectivity index (χ1n) is 4.93. The van der Waals surface area contributed by atoms with E-state index >= 15 is 0 Å². The normalized spacial score (nSPS) is 9.88. The molecule has 0 saturated heterocycles. The van der Waals surface area contributed by atoms with E-state index in [1.807, 2.05) is 0 Å². The number of rotatable bonds is 6. The average Bonchev–Trinajstić information content (AvgIpc) is 2.31. The van der Waals surface area contributed by atoms with Crippen LogP contribution in [0, 0.1) is 5.82 Å². The van der Waals surface area contributed by atoms with Crippen molar-refractivity contribution in [3.8, 4) is 5.75 Å². The molecule has 0 saturated carbocycles. The van der Waals surface area contributed by atoms with Crippen LogP contribution in [0.4, 0.5) is 4.39 Å². The molecule has 0 bridgehead atoms. The van der Waals surface area contributed by atoms with Crippen molar-refractivity contribution in [1.82, 2.24) is 5.32 Å². The molecule has 1 N–H and O–H groups in total. The van der Waals surface area contributed by atoms with Gasteiger partial charge in [0.1, 0.15) is 17.4 Å². The summed E-state index contributed by atoms with van der Waals surface area (Å²) >= 11 is 5.30. The topological polar surface area (TPSA) is 38.3 Å². The summed E-state index contributed by atoms with van der Waals surface area (Å²) in [6.45, 7) is 0.987. The highest BCUT2D eigenvalue weighted by molar-refractivity contribution is 6.27. The summed E-state index contributed by atoms with van der Waals surface area (Å²) in [7, 11) is 0. The number of carbonyl (C=O) groups excluding carboxylic acids is 1. The van der Waals surface area contributed by atoms with Crippen molar-refractivity contribution in [2.24, 2.45) is 0 Å². The molecule has 3 nitrogen and oxygen atoms in total. The molecule has 0 fully saturated rings. The number of carbonyl (C=O) groups is 1. The van der Waals surface area contributed by atoms with E-state index in [-0.39, 0.29) is 17.6 Å². The van der Waals surface area contributed by atoms with E-state index in [0.717, 1.165) is 0 Å². The number of hydrogen-bond acceptors (Lipinski definition) is 2. The number of nitrogens with one attached hydrogen (secondary N) is 1. The molecule has 1 aromatic carbocycles. The molecule has 0 heterocycles. The SMILES string of the molecule is O=C(CCl)NCCCOc1ccc(F)cc1. The molecule has 5 heteroatoms. The Morgan fingerprint density at radius 2 is 2.06 bits per heavy atom. The van der Waals surface area contributed by atoms with Crippen molar-refractivity contribution in [3.63, 3.8) is 0 Å². The molecule has 88 valence electrons. The van der Waals surface area contributed by atoms with Gasteiger partial charge in [0.15, 0.2) is 0 Å². The van der Waals surface area contributed by atoms with Crippen LogP contribution in [0.3, 0.4) is 0 Å². The summed E-state index contributed by atoms with van der Waals surface area (Å²) in [5.74, 6) is 0.106. The van der Waals surface area contributed by atoms with Crippen molar-refractivity contribution in [3.05, 3.63) is 30.1 Å². The van der Waals surface area contributed by atoms with Crippen molar-refractivity contribution in [2.45, 2.75) is 6.42 Å². The van der Waals surface area contributed by atoms with Crippen LogP contribution in [0.1, 0.15) is 6.42 Å². The summed E-state index contributed by atoms with van der Waals surface area (Å²) in [5, 5.41) is 2.62. The number of alkyl halides is 1. The molecule has 0 unspecified atom stereocenters. The Morgan fingerprint density at radius 1 is 1.38 bits per heavy atom. The lowest BCUT2D eigenvalue weighted by atomic mass is 10.3. The van der Waals surface area contributed by atoms with Gasteiger partial charge in [-0.1, -0.05) is 0 Å². The van der Waals surface area contributed by atoms with Crippen molar-refractivity contribution < 1.29 is 13.9 Å². The van der Waals surface area contributed by atoms with Gasteiger partial charge in [0.05, 0.1) is 6.61 Å². The van der Waals surface area contributed by atoms with Crippen molar-refractivity contribution in [2.75, 3.05) is 19.0 Å². The Hall–Kier alpha value is -1.29. The second-order valence-corrected chi connectivity index (χ2v) is 3.41. The quantitative estimate of drug-likeness (QED) is 0.615. The molecular weight excluding hydrogens is 233 g/mol. The highest BCUT2D eigenvalue weighted by Crippen LogP contribution is 2.10. The van der Waals surface area contributed by atoms with Gasteiger partial charge in [-0.3, -0.25) is 4.79 Å². The molecule has 1 rings (SSSR count). The number of halogens is 2. The van der Waals surface area contributed by atoms with Crippen molar-refractivity contribution in [1.29, 1.82) is 0 Å². The van der Waals surface area contributed by atoms with Gasteiger partial charge in [0.25, 0.3) is 0 Å². The summed E-state index contributed by atoms with van der Waals surface area (Å²) in [4.78, 5) is 10.8. The maximum atomic E-state index is 12.5. The van der Waals surface area contributed by atoms with Gasteiger partial charge in [0.2, 0.25) is 5.91 Å². The van der Waals surface area contributed by atoms with Gasteiger partial charge >= 0.3 is 0 Å². The second-order valence-electron chi connectivity index (χ2n) is 3.14. The van der Waals surface area contributed by atoms with Crippen LogP contribution >= 0.6 is 11.6 Å². The van der Waals surface area contributed by atoms with Crippen LogP contribution in [0.5, 0.6) is 5.75 Å². The van der Waals surface area contributed by atoms with Gasteiger partial charge in [-0.05, 0) is 30.7 Å². The monoisotopic (exact) mass is 245 g/mol. The van der Waals surface area contributed by atoms with Gasteiger partial charge in [-0.2, -0.15) is 0 Å². The molecule has 0 atom stereocenters. The Labute approximate surface area is 98.5 Å². The molecular formula is C11H13ClFNO2. The van der Waals surface area contributed by atoms with E-state index in [4.69, 9.17) is 16.3 Å². The third-order valence-corrected chi connectivity index (χ3v) is 2.09. The first kappa shape index (κ1) is 12.8. The Morgan fingerprint density at radius 3 is 2.69 bits per heavy atom. The van der Waals surface area contributed by atoms with Crippen LogP contribution in [0.15, 0.2) is 24.3 Å². The van der Waals surface area contributed by atoms with Crippen LogP contribution in [0.2, 0.25) is 0 Å². The van der Waals surface area contributed by atoms with E-state index in [0.29, 0.717) is 25.3 Å². The number of amides is 1. The van der Waals surface area contributed by atoms with Gasteiger partial charge in [0, 0.05) is 6.54 Å². The third kappa shape index (κ3) is 4.98. The van der Waals surface area contributed by atoms with Crippen LogP contribution in [-0.2, 0) is 4.79 Å². The zero-order valence-electron chi connectivity index (χ0n) is 8.71. The van der Waals surface area contributed by atoms with E-state index in [2.05, 4.69) is 5.32 Å². The minimum absolute atomic E-state index is 0.0289. The lowest BCUT2D eigenvalue weighted by Crippen LogP contribution is -2.26. The molecule has 0 aliphatic heterocycles. The lowest BCUT2D eigenvalue weighted by molar-refractivity contribution is -0.118. The predicted octanol–water partition coefficient (Wildman–Crippen LogP) is 1.95. The maximum Gasteiger partial charge on any atom is 0.234 e. The summed E-state index contributed by atoms with van der Waals surface area (Å²) in [6, 6.07) is 5.80. The summed E-state index contributed by atoms with van der Waals surface area (Å²) in [6.07, 6.45) is 0.681. The Balaban J connectivity index is 2.11. The lowest BCUT2D eigenvalue weighted by Gasteiger charge is -2.06. The highest BCUT2D eigenvalue weighted by atomic mass is 35.5. The molecule has 1 aromatic rings. The van der Waals surface area contributed by atoms with Crippen molar-refractivity contribution >= 4 is 17.5 Å². The Kier molecular flexibility index (Phi) is 5.64. The zero-order chi connectivity index (χ0) is 11.8. The van der Waals surface area contributed by atoms with E-state index in [9.17, 15) is 9.18 Å². The van der Waals surface area contributed by atoms with E-state index < -0.39 is 0 Å². The molecule has 0 radical (unpaired) electrons. The largest absolute Gasteiger partial charge is 0.494 e. The average molecular weight is 246 g/mol. The zero-order valence-corrected chi connectivity index (χ0v) is 9.47. The van der Waals surface area contributed by atoms with Crippen LogP contribution in [-0.4, -0.2) is 24.9 Å². The van der Waals surface area contributed by atoms with E-state index in [1.54, 1.807) is 12.1 Å². The minimum Gasteiger partial charge on any atom is -0.494 e. The first-order chi connectivity index (χ1) is 7.72. The standard InChI is InChI=1S/C11H13ClFNO2/c12-8-11(15)14-6-1-7-16-10-4-2-9(13)3-5-10/h2-5H,1,6-8H2,(H,14,15). The summed E-state index contributed by atoms with van der Waals surface area (Å²) in [5.41, 5.74) is 0. The molecule has 0 aromatic heterocycles. The number of ether oxygens (including phenoxy) is 1. The molecule has 0 spiro atoms. The number of hydrogen-bond donors (Lipinski definition) is 1. The first-order valence-corrected chi connectivity index (χ1v) is 5.47. The molecule has 16 heavy (non-hydrogen) atoms. The van der Waals surface area contributed by atoms with Gasteiger partial charge < -0.3 is 10.1 Å². The fraction of sp³-hybridized carbons (Fsp3) is 0.364.